The Kier molecular flexibility index (Phi) is 5.13. The molecule has 5 atom stereocenters. The van der Waals surface area contributed by atoms with Gasteiger partial charge in [0.25, 0.3) is 0 Å². The summed E-state index contributed by atoms with van der Waals surface area (Å²) in [6.45, 7) is 3.80. The highest BCUT2D eigenvalue weighted by Crippen LogP contribution is 2.52. The van der Waals surface area contributed by atoms with Crippen LogP contribution >= 0.6 is 0 Å². The van der Waals surface area contributed by atoms with Crippen molar-refractivity contribution in [3.05, 3.63) is 12.2 Å². The number of likely N-dealkylation sites (tertiary alicyclic amines) is 1. The van der Waals surface area contributed by atoms with Crippen LogP contribution in [0.25, 0.3) is 0 Å². The van der Waals surface area contributed by atoms with Gasteiger partial charge in [-0.1, -0.05) is 26.0 Å². The summed E-state index contributed by atoms with van der Waals surface area (Å²) < 4.78 is 0. The van der Waals surface area contributed by atoms with Crippen molar-refractivity contribution in [3.8, 4) is 0 Å². The molecule has 1 saturated heterocycles. The van der Waals surface area contributed by atoms with Gasteiger partial charge in [0.2, 0.25) is 23.6 Å². The SMILES string of the molecule is CC(C)[C@H](N)C(=O)NCC(=O)NCCN1C(=O)C2C3C=CC(C3)C2C1=O. The first kappa shape index (κ1) is 18.6. The van der Waals surface area contributed by atoms with E-state index in [1.807, 2.05) is 26.0 Å². The quantitative estimate of drug-likeness (QED) is 0.396. The van der Waals surface area contributed by atoms with Crippen molar-refractivity contribution in [2.24, 2.45) is 35.3 Å². The number of carbonyl (C=O) groups is 4. The standard InChI is InChI=1S/C18H26N4O4/c1-9(2)15(19)16(24)21-8-12(23)20-5-6-22-17(25)13-10-3-4-11(7-10)14(13)18(22)26/h3-4,9-11,13-15H,5-8,19H2,1-2H3,(H,20,23)(H,21,24)/t10?,11?,13?,14?,15-/m0/s1. The maximum atomic E-state index is 12.5. The molecule has 0 spiro atoms. The van der Waals surface area contributed by atoms with Crippen molar-refractivity contribution >= 4 is 23.6 Å². The number of amides is 4. The Bertz CT molecular complexity index is 630. The van der Waals surface area contributed by atoms with Crippen LogP contribution in [0.4, 0.5) is 0 Å². The number of carbonyl (C=O) groups excluding carboxylic acids is 4. The predicted molar refractivity (Wildman–Crippen MR) is 93.3 cm³/mol. The van der Waals surface area contributed by atoms with Gasteiger partial charge in [-0.3, -0.25) is 24.1 Å². The summed E-state index contributed by atoms with van der Waals surface area (Å²) >= 11 is 0. The molecule has 0 aromatic carbocycles. The van der Waals surface area contributed by atoms with Gasteiger partial charge in [-0.15, -0.1) is 0 Å². The zero-order chi connectivity index (χ0) is 19.0. The van der Waals surface area contributed by atoms with E-state index >= 15 is 0 Å². The molecule has 2 bridgehead atoms. The molecule has 2 fully saturated rings. The van der Waals surface area contributed by atoms with Crippen LogP contribution in [0.2, 0.25) is 0 Å². The van der Waals surface area contributed by atoms with Gasteiger partial charge in [-0.25, -0.2) is 0 Å². The Morgan fingerprint density at radius 1 is 1.15 bits per heavy atom. The van der Waals surface area contributed by atoms with Crippen molar-refractivity contribution in [2.75, 3.05) is 19.6 Å². The average Bonchev–Trinajstić information content (AvgIpc) is 3.28. The largest absolute Gasteiger partial charge is 0.353 e. The van der Waals surface area contributed by atoms with E-state index in [1.54, 1.807) is 0 Å². The normalized spacial score (nSPS) is 30.1. The first-order chi connectivity index (χ1) is 12.3. The van der Waals surface area contributed by atoms with Crippen LogP contribution in [0.3, 0.4) is 0 Å². The topological polar surface area (TPSA) is 122 Å². The molecule has 0 radical (unpaired) electrons. The lowest BCUT2D eigenvalue weighted by atomic mass is 9.85. The molecular formula is C18H26N4O4. The van der Waals surface area contributed by atoms with Crippen LogP contribution in [0.15, 0.2) is 12.2 Å². The molecular weight excluding hydrogens is 336 g/mol. The number of rotatable bonds is 7. The second-order valence-electron chi connectivity index (χ2n) is 7.67. The summed E-state index contributed by atoms with van der Waals surface area (Å²) in [7, 11) is 0. The second kappa shape index (κ2) is 7.19. The van der Waals surface area contributed by atoms with Crippen LogP contribution in [0.5, 0.6) is 0 Å². The van der Waals surface area contributed by atoms with E-state index in [9.17, 15) is 19.2 Å². The van der Waals surface area contributed by atoms with Gasteiger partial charge in [0.15, 0.2) is 0 Å². The Hall–Kier alpha value is -2.22. The van der Waals surface area contributed by atoms with Gasteiger partial charge in [0.05, 0.1) is 24.4 Å². The molecule has 0 aromatic rings. The highest BCUT2D eigenvalue weighted by atomic mass is 16.2. The summed E-state index contributed by atoms with van der Waals surface area (Å²) in [5.41, 5.74) is 5.70. The first-order valence-corrected chi connectivity index (χ1v) is 9.14. The molecule has 8 heteroatoms. The number of allylic oxidation sites excluding steroid dienone is 2. The van der Waals surface area contributed by atoms with E-state index in [0.29, 0.717) is 0 Å². The fourth-order valence-electron chi connectivity index (χ4n) is 4.14. The summed E-state index contributed by atoms with van der Waals surface area (Å²) in [6, 6.07) is -0.661. The van der Waals surface area contributed by atoms with Crippen molar-refractivity contribution in [3.63, 3.8) is 0 Å². The van der Waals surface area contributed by atoms with Crippen molar-refractivity contribution < 1.29 is 19.2 Å². The van der Waals surface area contributed by atoms with E-state index in [-0.39, 0.29) is 72.9 Å². The zero-order valence-corrected chi connectivity index (χ0v) is 15.1. The average molecular weight is 362 g/mol. The van der Waals surface area contributed by atoms with E-state index in [4.69, 9.17) is 5.73 Å². The summed E-state index contributed by atoms with van der Waals surface area (Å²) in [4.78, 5) is 49.8. The number of hydrogen-bond donors (Lipinski definition) is 3. The second-order valence-corrected chi connectivity index (χ2v) is 7.67. The van der Waals surface area contributed by atoms with Crippen molar-refractivity contribution in [1.82, 2.24) is 15.5 Å². The maximum Gasteiger partial charge on any atom is 0.239 e. The minimum atomic E-state index is -0.661. The van der Waals surface area contributed by atoms with Crippen molar-refractivity contribution in [1.29, 1.82) is 0 Å². The maximum absolute atomic E-state index is 12.5. The molecule has 26 heavy (non-hydrogen) atoms. The van der Waals surface area contributed by atoms with Gasteiger partial charge in [0.1, 0.15) is 0 Å². The van der Waals surface area contributed by atoms with E-state index in [2.05, 4.69) is 10.6 Å². The number of imide groups is 1. The lowest BCUT2D eigenvalue weighted by Crippen LogP contribution is -2.48. The number of nitrogens with one attached hydrogen (secondary N) is 2. The van der Waals surface area contributed by atoms with Gasteiger partial charge in [-0.05, 0) is 24.2 Å². The summed E-state index contributed by atoms with van der Waals surface area (Å²) in [5.74, 6) is -1.09. The number of nitrogens with zero attached hydrogens (tertiary/aromatic N) is 1. The van der Waals surface area contributed by atoms with Gasteiger partial charge < -0.3 is 16.4 Å². The third kappa shape index (κ3) is 3.25. The first-order valence-electron chi connectivity index (χ1n) is 9.14. The Morgan fingerprint density at radius 2 is 1.73 bits per heavy atom. The van der Waals surface area contributed by atoms with Crippen LogP contribution in [-0.2, 0) is 19.2 Å². The number of hydrogen-bond acceptors (Lipinski definition) is 5. The highest BCUT2D eigenvalue weighted by Gasteiger charge is 2.58. The van der Waals surface area contributed by atoms with E-state index in [1.165, 1.54) is 4.90 Å². The zero-order valence-electron chi connectivity index (χ0n) is 15.1. The number of nitrogens with two attached hydrogens (primary N) is 1. The van der Waals surface area contributed by atoms with Crippen LogP contribution < -0.4 is 16.4 Å². The molecule has 4 unspecified atom stereocenters. The molecule has 3 rings (SSSR count). The molecule has 142 valence electrons. The fraction of sp³-hybridized carbons (Fsp3) is 0.667. The smallest absolute Gasteiger partial charge is 0.239 e. The summed E-state index contributed by atoms with van der Waals surface area (Å²) in [6.07, 6.45) is 5.00. The number of fused-ring (bicyclic) bond motifs is 5. The third-order valence-corrected chi connectivity index (χ3v) is 5.66. The molecule has 4 amide bonds. The highest BCUT2D eigenvalue weighted by molar-refractivity contribution is 6.06. The Balaban J connectivity index is 1.41. The minimum absolute atomic E-state index is 0.0190. The molecule has 0 aromatic heterocycles. The molecule has 1 saturated carbocycles. The lowest BCUT2D eigenvalue weighted by molar-refractivity contribution is -0.141. The summed E-state index contributed by atoms with van der Waals surface area (Å²) in [5, 5.41) is 5.10. The molecule has 1 aliphatic heterocycles. The molecule has 1 heterocycles. The van der Waals surface area contributed by atoms with E-state index < -0.39 is 6.04 Å². The molecule has 4 N–H and O–H groups in total. The van der Waals surface area contributed by atoms with Gasteiger partial charge >= 0.3 is 0 Å². The van der Waals surface area contributed by atoms with Gasteiger partial charge in [-0.2, -0.15) is 0 Å². The van der Waals surface area contributed by atoms with Gasteiger partial charge in [0, 0.05) is 13.1 Å². The fourth-order valence-corrected chi connectivity index (χ4v) is 4.14. The van der Waals surface area contributed by atoms with Crippen LogP contribution in [0.1, 0.15) is 20.3 Å². The molecule has 2 aliphatic carbocycles. The van der Waals surface area contributed by atoms with Crippen LogP contribution in [0, 0.1) is 29.6 Å². The lowest BCUT2D eigenvalue weighted by Gasteiger charge is -2.18. The van der Waals surface area contributed by atoms with Crippen LogP contribution in [-0.4, -0.2) is 54.2 Å². The van der Waals surface area contributed by atoms with Crippen molar-refractivity contribution in [2.45, 2.75) is 26.3 Å². The minimum Gasteiger partial charge on any atom is -0.353 e. The third-order valence-electron chi connectivity index (χ3n) is 5.66. The monoisotopic (exact) mass is 362 g/mol. The van der Waals surface area contributed by atoms with E-state index in [0.717, 1.165) is 6.42 Å². The predicted octanol–water partition coefficient (Wildman–Crippen LogP) is -0.991. The Morgan fingerprint density at radius 3 is 2.27 bits per heavy atom. The Labute approximate surface area is 152 Å². The molecule has 3 aliphatic rings. The molecule has 8 nitrogen and oxygen atoms in total.